The highest BCUT2D eigenvalue weighted by Crippen LogP contribution is 2.42. The van der Waals surface area contributed by atoms with Gasteiger partial charge in [-0.05, 0) is 6.07 Å². The van der Waals surface area contributed by atoms with E-state index >= 15 is 0 Å². The van der Waals surface area contributed by atoms with E-state index < -0.39 is 44.8 Å². The average molecular weight is 363 g/mol. The summed E-state index contributed by atoms with van der Waals surface area (Å²) in [4.78, 5) is 35.7. The van der Waals surface area contributed by atoms with Crippen molar-refractivity contribution in [3.63, 3.8) is 0 Å². The fraction of sp³-hybridized carbons (Fsp3) is 0. The molecule has 3 aromatic carbocycles. The zero-order valence-corrected chi connectivity index (χ0v) is 13.8. The Labute approximate surface area is 153 Å². The lowest BCUT2D eigenvalue weighted by molar-refractivity contribution is -0.386. The lowest BCUT2D eigenvalue weighted by atomic mass is 9.94. The molecule has 0 radical (unpaired) electrons. The van der Waals surface area contributed by atoms with Crippen molar-refractivity contribution in [1.29, 1.82) is 0 Å². The van der Waals surface area contributed by atoms with Crippen molar-refractivity contribution in [2.24, 2.45) is 0 Å². The molecule has 0 aliphatic heterocycles. The number of nitrogens with zero attached hydrogens (tertiary/aromatic N) is 1. The number of nitro groups is 1. The molecule has 0 unspecified atom stereocenters. The van der Waals surface area contributed by atoms with Crippen LogP contribution in [0, 0.1) is 10.1 Å². The summed E-state index contributed by atoms with van der Waals surface area (Å²) in [6, 6.07) is 16.6. The number of phenolic OH excluding ortho intramolecular Hbond substituents is 2. The summed E-state index contributed by atoms with van der Waals surface area (Å²) in [6.07, 6.45) is 0. The van der Waals surface area contributed by atoms with Crippen LogP contribution < -0.4 is 0 Å². The van der Waals surface area contributed by atoms with E-state index in [0.717, 1.165) is 6.07 Å². The molecule has 3 rings (SSSR count). The smallest absolute Gasteiger partial charge is 0.353 e. The summed E-state index contributed by atoms with van der Waals surface area (Å²) in [7, 11) is 0. The van der Waals surface area contributed by atoms with Gasteiger partial charge < -0.3 is 10.2 Å². The fourth-order valence-electron chi connectivity index (χ4n) is 2.66. The molecule has 0 aliphatic carbocycles. The molecule has 0 spiro atoms. The molecular weight excluding hydrogens is 350 g/mol. The predicted molar refractivity (Wildman–Crippen MR) is 96.2 cm³/mol. The molecule has 2 N–H and O–H groups in total. The molecule has 0 aromatic heterocycles. The van der Waals surface area contributed by atoms with Crippen LogP contribution in [0.25, 0.3) is 0 Å². The highest BCUT2D eigenvalue weighted by molar-refractivity contribution is 6.16. The molecule has 0 atom stereocenters. The summed E-state index contributed by atoms with van der Waals surface area (Å²) < 4.78 is 0. The minimum atomic E-state index is -1.09. The maximum absolute atomic E-state index is 12.7. The normalized spacial score (nSPS) is 10.4. The van der Waals surface area contributed by atoms with Gasteiger partial charge in [-0.2, -0.15) is 0 Å². The lowest BCUT2D eigenvalue weighted by Gasteiger charge is -2.10. The van der Waals surface area contributed by atoms with Crippen LogP contribution in [0.15, 0.2) is 66.7 Å². The zero-order chi connectivity index (χ0) is 19.6. The van der Waals surface area contributed by atoms with E-state index in [4.69, 9.17) is 0 Å². The number of carbonyl (C=O) groups is 2. The molecule has 0 amide bonds. The van der Waals surface area contributed by atoms with Crippen LogP contribution >= 0.6 is 0 Å². The van der Waals surface area contributed by atoms with Gasteiger partial charge in [0.05, 0.1) is 16.1 Å². The van der Waals surface area contributed by atoms with Crippen LogP contribution in [-0.4, -0.2) is 26.7 Å². The van der Waals surface area contributed by atoms with Gasteiger partial charge in [0, 0.05) is 11.1 Å². The molecule has 27 heavy (non-hydrogen) atoms. The highest BCUT2D eigenvalue weighted by atomic mass is 16.6. The predicted octanol–water partition coefficient (Wildman–Crippen LogP) is 3.47. The van der Waals surface area contributed by atoms with Crippen molar-refractivity contribution in [2.75, 3.05) is 0 Å². The number of nitro benzene ring substituents is 1. The van der Waals surface area contributed by atoms with E-state index in [0.29, 0.717) is 0 Å². The SMILES string of the molecule is O=C(c1ccccc1)c1cc(C(=O)c2ccccc2)c(O)c([N+](=O)[O-])c1O. The summed E-state index contributed by atoms with van der Waals surface area (Å²) in [5.74, 6) is -3.40. The Kier molecular flexibility index (Phi) is 4.68. The Bertz CT molecular complexity index is 969. The Morgan fingerprint density at radius 2 is 1.11 bits per heavy atom. The maximum atomic E-state index is 12.7. The molecule has 0 heterocycles. The third kappa shape index (κ3) is 3.25. The maximum Gasteiger partial charge on any atom is 0.353 e. The van der Waals surface area contributed by atoms with Gasteiger partial charge in [-0.1, -0.05) is 60.7 Å². The molecule has 0 fully saturated rings. The summed E-state index contributed by atoms with van der Waals surface area (Å²) in [6.45, 7) is 0. The largest absolute Gasteiger partial charge is 0.501 e. The Balaban J connectivity index is 2.23. The summed E-state index contributed by atoms with van der Waals surface area (Å²) in [5, 5.41) is 31.8. The van der Waals surface area contributed by atoms with Gasteiger partial charge in [0.15, 0.2) is 11.6 Å². The first-order valence-corrected chi connectivity index (χ1v) is 7.84. The third-order valence-corrected chi connectivity index (χ3v) is 3.99. The van der Waals surface area contributed by atoms with Crippen molar-refractivity contribution in [1.82, 2.24) is 0 Å². The average Bonchev–Trinajstić information content (AvgIpc) is 2.68. The van der Waals surface area contributed by atoms with E-state index in [1.807, 2.05) is 0 Å². The third-order valence-electron chi connectivity index (χ3n) is 3.99. The molecule has 134 valence electrons. The summed E-state index contributed by atoms with van der Waals surface area (Å²) >= 11 is 0. The molecule has 0 saturated carbocycles. The van der Waals surface area contributed by atoms with Crippen molar-refractivity contribution in [3.8, 4) is 11.5 Å². The second kappa shape index (κ2) is 7.09. The number of hydrogen-bond acceptors (Lipinski definition) is 6. The van der Waals surface area contributed by atoms with Crippen LogP contribution in [0.1, 0.15) is 31.8 Å². The first kappa shape index (κ1) is 17.8. The van der Waals surface area contributed by atoms with Crippen LogP contribution in [0.5, 0.6) is 11.5 Å². The molecular formula is C20H13NO6. The van der Waals surface area contributed by atoms with Crippen molar-refractivity contribution in [3.05, 3.63) is 99.1 Å². The van der Waals surface area contributed by atoms with E-state index in [-0.39, 0.29) is 11.1 Å². The number of rotatable bonds is 5. The number of ketones is 2. The van der Waals surface area contributed by atoms with Gasteiger partial charge in [0.1, 0.15) is 0 Å². The number of hydrogen-bond donors (Lipinski definition) is 2. The molecule has 7 heteroatoms. The lowest BCUT2D eigenvalue weighted by Crippen LogP contribution is -2.09. The first-order valence-electron chi connectivity index (χ1n) is 7.84. The van der Waals surface area contributed by atoms with Crippen LogP contribution in [0.2, 0.25) is 0 Å². The van der Waals surface area contributed by atoms with Gasteiger partial charge in [-0.15, -0.1) is 0 Å². The van der Waals surface area contributed by atoms with Gasteiger partial charge in [0.25, 0.3) is 0 Å². The van der Waals surface area contributed by atoms with Crippen LogP contribution in [-0.2, 0) is 0 Å². The van der Waals surface area contributed by atoms with E-state index in [2.05, 4.69) is 0 Å². The molecule has 0 bridgehead atoms. The van der Waals surface area contributed by atoms with Gasteiger partial charge in [-0.3, -0.25) is 19.7 Å². The Hall–Kier alpha value is -4.00. The standard InChI is InChI=1S/C20H13NO6/c22-17(12-7-3-1-4-8-12)14-11-15(18(23)13-9-5-2-6-10-13)20(25)16(19(14)24)21(26)27/h1-11,24-25H. The number of benzene rings is 3. The highest BCUT2D eigenvalue weighted by Gasteiger charge is 2.32. The second-order valence-corrected chi connectivity index (χ2v) is 5.66. The molecule has 0 aliphatic rings. The van der Waals surface area contributed by atoms with Crippen molar-refractivity contribution >= 4 is 17.3 Å². The molecule has 3 aromatic rings. The van der Waals surface area contributed by atoms with Crippen LogP contribution in [0.3, 0.4) is 0 Å². The minimum absolute atomic E-state index is 0.172. The first-order chi connectivity index (χ1) is 12.9. The zero-order valence-electron chi connectivity index (χ0n) is 13.8. The monoisotopic (exact) mass is 363 g/mol. The molecule has 7 nitrogen and oxygen atoms in total. The van der Waals surface area contributed by atoms with E-state index in [9.17, 15) is 29.9 Å². The van der Waals surface area contributed by atoms with Crippen LogP contribution in [0.4, 0.5) is 5.69 Å². The number of carbonyl (C=O) groups excluding carboxylic acids is 2. The van der Waals surface area contributed by atoms with Gasteiger partial charge in [0.2, 0.25) is 11.5 Å². The second-order valence-electron chi connectivity index (χ2n) is 5.66. The Morgan fingerprint density at radius 3 is 1.44 bits per heavy atom. The van der Waals surface area contributed by atoms with Gasteiger partial charge in [-0.25, -0.2) is 0 Å². The topological polar surface area (TPSA) is 118 Å². The quantitative estimate of drug-likeness (QED) is 0.407. The molecule has 0 saturated heterocycles. The van der Waals surface area contributed by atoms with Gasteiger partial charge >= 0.3 is 5.69 Å². The van der Waals surface area contributed by atoms with E-state index in [1.165, 1.54) is 24.3 Å². The number of aromatic hydroxyl groups is 2. The minimum Gasteiger partial charge on any atom is -0.501 e. The fourth-order valence-corrected chi connectivity index (χ4v) is 2.66. The van der Waals surface area contributed by atoms with Crippen molar-refractivity contribution in [2.45, 2.75) is 0 Å². The number of phenols is 2. The summed E-state index contributed by atoms with van der Waals surface area (Å²) in [5.41, 5.74) is -1.62. The Morgan fingerprint density at radius 1 is 0.741 bits per heavy atom. The van der Waals surface area contributed by atoms with E-state index in [1.54, 1.807) is 36.4 Å². The van der Waals surface area contributed by atoms with Crippen molar-refractivity contribution < 1.29 is 24.7 Å².